The molecule has 1 fully saturated rings. The molecule has 0 unspecified atom stereocenters. The van der Waals surface area contributed by atoms with Crippen molar-refractivity contribution in [2.75, 3.05) is 43.8 Å². The Morgan fingerprint density at radius 3 is 2.50 bits per heavy atom. The van der Waals surface area contributed by atoms with Gasteiger partial charge in [0.1, 0.15) is 0 Å². The van der Waals surface area contributed by atoms with Crippen LogP contribution >= 0.6 is 15.9 Å². The summed E-state index contributed by atoms with van der Waals surface area (Å²) in [5, 5.41) is 0.718. The Kier molecular flexibility index (Phi) is 5.70. The van der Waals surface area contributed by atoms with Crippen LogP contribution in [0.25, 0.3) is 0 Å². The van der Waals surface area contributed by atoms with Crippen molar-refractivity contribution >= 4 is 25.8 Å². The van der Waals surface area contributed by atoms with E-state index >= 15 is 0 Å². The number of alkyl halides is 1. The molecule has 0 aromatic carbocycles. The van der Waals surface area contributed by atoms with E-state index in [9.17, 15) is 8.42 Å². The van der Waals surface area contributed by atoms with Crippen molar-refractivity contribution in [1.29, 1.82) is 0 Å². The van der Waals surface area contributed by atoms with E-state index in [-0.39, 0.29) is 23.5 Å². The first-order chi connectivity index (χ1) is 7.54. The highest BCUT2D eigenvalue weighted by Crippen LogP contribution is 2.34. The van der Waals surface area contributed by atoms with Crippen molar-refractivity contribution in [3.05, 3.63) is 0 Å². The second kappa shape index (κ2) is 6.33. The molecule has 0 amide bonds. The predicted molar refractivity (Wildman–Crippen MR) is 66.8 cm³/mol. The van der Waals surface area contributed by atoms with Gasteiger partial charge in [0.25, 0.3) is 0 Å². The van der Waals surface area contributed by atoms with Crippen molar-refractivity contribution in [2.45, 2.75) is 12.8 Å². The lowest BCUT2D eigenvalue weighted by atomic mass is 9.85. The van der Waals surface area contributed by atoms with Gasteiger partial charge >= 0.3 is 0 Å². The molecule has 1 heterocycles. The van der Waals surface area contributed by atoms with E-state index in [1.165, 1.54) is 7.11 Å². The average molecular weight is 315 g/mol. The number of hydrogen-bond acceptors (Lipinski definition) is 4. The fraction of sp³-hybridized carbons (Fsp3) is 1.00. The minimum Gasteiger partial charge on any atom is -0.384 e. The molecule has 0 aliphatic carbocycles. The van der Waals surface area contributed by atoms with Crippen molar-refractivity contribution in [3.8, 4) is 0 Å². The van der Waals surface area contributed by atoms with E-state index in [0.717, 1.165) is 18.2 Å². The number of sulfone groups is 1. The summed E-state index contributed by atoms with van der Waals surface area (Å²) in [5.74, 6) is 0.344. The number of methoxy groups -OCH3 is 1. The Morgan fingerprint density at radius 1 is 1.38 bits per heavy atom. The molecule has 0 bridgehead atoms. The molecule has 0 radical (unpaired) electrons. The topological polar surface area (TPSA) is 52.6 Å². The monoisotopic (exact) mass is 314 g/mol. The third-order valence-electron chi connectivity index (χ3n) is 2.96. The predicted octanol–water partition coefficient (Wildman–Crippen LogP) is 1.24. The van der Waals surface area contributed by atoms with Crippen LogP contribution in [0.3, 0.4) is 0 Å². The Balaban J connectivity index is 2.61. The van der Waals surface area contributed by atoms with Gasteiger partial charge in [-0.15, -0.1) is 0 Å². The summed E-state index contributed by atoms with van der Waals surface area (Å²) in [6.07, 6.45) is 1.62. The molecule has 6 heteroatoms. The Labute approximate surface area is 106 Å². The molecule has 1 rings (SSSR count). The summed E-state index contributed by atoms with van der Waals surface area (Å²) in [5.41, 5.74) is -0.148. The molecule has 16 heavy (non-hydrogen) atoms. The molecule has 0 spiro atoms. The molecule has 1 saturated heterocycles. The molecule has 0 aromatic rings. The molecule has 0 aromatic heterocycles. The second-order valence-corrected chi connectivity index (χ2v) is 7.08. The van der Waals surface area contributed by atoms with E-state index in [1.807, 2.05) is 0 Å². The maximum Gasteiger partial charge on any atom is 0.153 e. The summed E-state index contributed by atoms with van der Waals surface area (Å²) < 4.78 is 33.9. The highest BCUT2D eigenvalue weighted by atomic mass is 79.9. The van der Waals surface area contributed by atoms with Gasteiger partial charge < -0.3 is 9.47 Å². The lowest BCUT2D eigenvalue weighted by Crippen LogP contribution is -2.38. The first-order valence-electron chi connectivity index (χ1n) is 5.37. The lowest BCUT2D eigenvalue weighted by molar-refractivity contribution is 0.0367. The third kappa shape index (κ3) is 4.31. The summed E-state index contributed by atoms with van der Waals surface area (Å²) in [6, 6.07) is 0. The second-order valence-electron chi connectivity index (χ2n) is 4.33. The van der Waals surface area contributed by atoms with Gasteiger partial charge in [0.15, 0.2) is 9.84 Å². The zero-order chi connectivity index (χ0) is 12.1. The van der Waals surface area contributed by atoms with Crippen LogP contribution in [-0.2, 0) is 19.3 Å². The SMILES string of the molecule is COCCS(=O)(=O)CC1(CBr)CCOCC1. The number of rotatable bonds is 6. The largest absolute Gasteiger partial charge is 0.384 e. The van der Waals surface area contributed by atoms with Crippen LogP contribution in [0.2, 0.25) is 0 Å². The average Bonchev–Trinajstić information content (AvgIpc) is 2.27. The molecular formula is C10H19BrO4S. The van der Waals surface area contributed by atoms with Gasteiger partial charge in [0.05, 0.1) is 18.1 Å². The van der Waals surface area contributed by atoms with Crippen LogP contribution in [0.4, 0.5) is 0 Å². The van der Waals surface area contributed by atoms with Crippen LogP contribution in [0.1, 0.15) is 12.8 Å². The zero-order valence-corrected chi connectivity index (χ0v) is 12.0. The van der Waals surface area contributed by atoms with Crippen LogP contribution in [0.5, 0.6) is 0 Å². The van der Waals surface area contributed by atoms with Crippen molar-refractivity contribution in [3.63, 3.8) is 0 Å². The van der Waals surface area contributed by atoms with Gasteiger partial charge in [0, 0.05) is 25.7 Å². The molecule has 0 saturated carbocycles. The maximum atomic E-state index is 11.9. The fourth-order valence-electron chi connectivity index (χ4n) is 1.87. The van der Waals surface area contributed by atoms with E-state index in [1.54, 1.807) is 0 Å². The fourth-order valence-corrected chi connectivity index (χ4v) is 4.78. The van der Waals surface area contributed by atoms with Crippen LogP contribution in [0, 0.1) is 5.41 Å². The first-order valence-corrected chi connectivity index (χ1v) is 8.31. The van der Waals surface area contributed by atoms with Crippen molar-refractivity contribution in [1.82, 2.24) is 0 Å². The highest BCUT2D eigenvalue weighted by molar-refractivity contribution is 9.09. The Morgan fingerprint density at radius 2 is 2.00 bits per heavy atom. The van der Waals surface area contributed by atoms with Crippen LogP contribution in [0.15, 0.2) is 0 Å². The molecule has 1 aliphatic heterocycles. The number of ether oxygens (including phenoxy) is 2. The third-order valence-corrected chi connectivity index (χ3v) is 5.99. The lowest BCUT2D eigenvalue weighted by Gasteiger charge is -2.35. The number of halogens is 1. The summed E-state index contributed by atoms with van der Waals surface area (Å²) in [4.78, 5) is 0. The molecule has 1 aliphatic rings. The van der Waals surface area contributed by atoms with Gasteiger partial charge in [-0.2, -0.15) is 0 Å². The van der Waals surface area contributed by atoms with Crippen LogP contribution in [-0.4, -0.2) is 52.2 Å². The maximum absolute atomic E-state index is 11.9. The smallest absolute Gasteiger partial charge is 0.153 e. The number of hydrogen-bond donors (Lipinski definition) is 0. The van der Waals surface area contributed by atoms with Crippen molar-refractivity contribution in [2.24, 2.45) is 5.41 Å². The minimum absolute atomic E-state index is 0.110. The normalized spacial score (nSPS) is 20.9. The summed E-state index contributed by atoms with van der Waals surface area (Å²) in [6.45, 7) is 1.59. The van der Waals surface area contributed by atoms with E-state index in [4.69, 9.17) is 9.47 Å². The molecule has 0 N–H and O–H groups in total. The Hall–Kier alpha value is 0.350. The van der Waals surface area contributed by atoms with Gasteiger partial charge in [-0.1, -0.05) is 15.9 Å². The molecule has 4 nitrogen and oxygen atoms in total. The van der Waals surface area contributed by atoms with Crippen molar-refractivity contribution < 1.29 is 17.9 Å². The van der Waals surface area contributed by atoms with Gasteiger partial charge in [-0.3, -0.25) is 0 Å². The van der Waals surface area contributed by atoms with Gasteiger partial charge in [-0.05, 0) is 18.3 Å². The highest BCUT2D eigenvalue weighted by Gasteiger charge is 2.36. The standard InChI is InChI=1S/C10H19BrO4S/c1-14-6-7-16(12,13)9-10(8-11)2-4-15-5-3-10/h2-9H2,1H3. The van der Waals surface area contributed by atoms with Gasteiger partial charge in [0.2, 0.25) is 0 Å². The van der Waals surface area contributed by atoms with E-state index in [0.29, 0.717) is 13.2 Å². The molecule has 96 valence electrons. The molecule has 0 atom stereocenters. The summed E-state index contributed by atoms with van der Waals surface area (Å²) >= 11 is 3.44. The first kappa shape index (κ1) is 14.4. The van der Waals surface area contributed by atoms with Gasteiger partial charge in [-0.25, -0.2) is 8.42 Å². The van der Waals surface area contributed by atoms with E-state index in [2.05, 4.69) is 15.9 Å². The molecular weight excluding hydrogens is 296 g/mol. The summed E-state index contributed by atoms with van der Waals surface area (Å²) in [7, 11) is -1.51. The quantitative estimate of drug-likeness (QED) is 0.692. The Bertz CT molecular complexity index is 296. The van der Waals surface area contributed by atoms with Crippen LogP contribution < -0.4 is 0 Å². The van der Waals surface area contributed by atoms with E-state index < -0.39 is 9.84 Å². The minimum atomic E-state index is -3.02. The zero-order valence-electron chi connectivity index (χ0n) is 9.58.